The number of nitrogens with zero attached hydrogens (tertiary/aromatic N) is 1. The second-order valence-corrected chi connectivity index (χ2v) is 3.31. The Bertz CT molecular complexity index is 209. The zero-order valence-corrected chi connectivity index (χ0v) is 10.4. The van der Waals surface area contributed by atoms with E-state index in [0.29, 0.717) is 5.17 Å². The third-order valence-electron chi connectivity index (χ3n) is 1.87. The minimum atomic E-state index is 0.197. The average molecular weight is 217 g/mol. The number of aliphatic imine (C=N–C) groups is 1. The molecule has 3 heteroatoms. The van der Waals surface area contributed by atoms with Gasteiger partial charge < -0.3 is 5.32 Å². The van der Waals surface area contributed by atoms with E-state index in [1.54, 1.807) is 0 Å². The van der Waals surface area contributed by atoms with Crippen LogP contribution in [0.1, 0.15) is 47.0 Å². The summed E-state index contributed by atoms with van der Waals surface area (Å²) in [4.78, 5) is 4.26. The van der Waals surface area contributed by atoms with Gasteiger partial charge in [-0.1, -0.05) is 45.7 Å². The molecule has 82 valence electrons. The van der Waals surface area contributed by atoms with Crippen molar-refractivity contribution in [1.82, 2.24) is 5.32 Å². The quantitative estimate of drug-likeness (QED) is 0.765. The number of hydrogen-bond acceptors (Lipinski definition) is 2. The molecule has 1 N–H and O–H groups in total. The number of allylic oxidation sites excluding steroid dienone is 2. The lowest BCUT2D eigenvalue weighted by Crippen LogP contribution is -2.30. The Balaban J connectivity index is 0.000000791. The van der Waals surface area contributed by atoms with Crippen LogP contribution < -0.4 is 5.32 Å². The van der Waals surface area contributed by atoms with Crippen molar-refractivity contribution in [3.05, 3.63) is 11.8 Å². The van der Waals surface area contributed by atoms with Gasteiger partial charge in [0.15, 0.2) is 0 Å². The normalized spacial score (nSPS) is 19.9. The number of halogens is 1. The summed E-state index contributed by atoms with van der Waals surface area (Å²) in [5.41, 5.74) is 1.19. The monoisotopic (exact) mass is 216 g/mol. The molecule has 0 spiro atoms. The van der Waals surface area contributed by atoms with Crippen molar-refractivity contribution in [2.75, 3.05) is 0 Å². The number of rotatable bonds is 3. The van der Waals surface area contributed by atoms with Gasteiger partial charge in [0.1, 0.15) is 11.3 Å². The molecule has 0 bridgehead atoms. The van der Waals surface area contributed by atoms with Gasteiger partial charge in [-0.05, 0) is 18.9 Å². The van der Waals surface area contributed by atoms with E-state index in [2.05, 4.69) is 24.2 Å². The van der Waals surface area contributed by atoms with Gasteiger partial charge >= 0.3 is 0 Å². The van der Waals surface area contributed by atoms with Gasteiger partial charge in [0.25, 0.3) is 0 Å². The number of hydrogen-bond donors (Lipinski definition) is 1. The van der Waals surface area contributed by atoms with Crippen molar-refractivity contribution in [1.29, 1.82) is 0 Å². The molecule has 1 aliphatic heterocycles. The van der Waals surface area contributed by atoms with Crippen molar-refractivity contribution in [2.24, 2.45) is 4.99 Å². The second kappa shape index (κ2) is 7.86. The molecule has 1 atom stereocenters. The lowest BCUT2D eigenvalue weighted by atomic mass is 10.2. The molecular weight excluding hydrogens is 196 g/mol. The Kier molecular flexibility index (Phi) is 7.58. The highest BCUT2D eigenvalue weighted by Gasteiger charge is 2.11. The van der Waals surface area contributed by atoms with Crippen LogP contribution in [0.3, 0.4) is 0 Å². The molecule has 0 saturated carbocycles. The maximum absolute atomic E-state index is 5.85. The topological polar surface area (TPSA) is 24.4 Å². The molecule has 2 nitrogen and oxygen atoms in total. The van der Waals surface area contributed by atoms with Crippen LogP contribution in [-0.4, -0.2) is 11.3 Å². The van der Waals surface area contributed by atoms with E-state index < -0.39 is 0 Å². The van der Waals surface area contributed by atoms with Gasteiger partial charge in [0, 0.05) is 5.70 Å². The van der Waals surface area contributed by atoms with Crippen molar-refractivity contribution in [3.8, 4) is 0 Å². The van der Waals surface area contributed by atoms with Gasteiger partial charge in [0.05, 0.1) is 0 Å². The molecule has 0 amide bonds. The Morgan fingerprint density at radius 3 is 2.57 bits per heavy atom. The van der Waals surface area contributed by atoms with Crippen LogP contribution in [0.15, 0.2) is 16.8 Å². The summed E-state index contributed by atoms with van der Waals surface area (Å²) in [5, 5.41) is 3.95. The van der Waals surface area contributed by atoms with Crippen LogP contribution in [0, 0.1) is 0 Å². The predicted molar refractivity (Wildman–Crippen MR) is 64.8 cm³/mol. The van der Waals surface area contributed by atoms with Gasteiger partial charge in [-0.25, -0.2) is 4.99 Å². The standard InChI is InChI=1S/C9H15ClN2.C2H6/c1-3-5-9-11-7(4-2)6-8(10)12-9;1-2/h6,9,11H,3-5H2,1-2H3;1-2H3. The summed E-state index contributed by atoms with van der Waals surface area (Å²) in [6.07, 6.45) is 5.26. The molecule has 0 aliphatic carbocycles. The SMILES string of the molecule is CC.CCCC1N=C(Cl)C=C(CC)N1. The Hall–Kier alpha value is -0.500. The lowest BCUT2D eigenvalue weighted by molar-refractivity contribution is 0.528. The first-order chi connectivity index (χ1) is 6.76. The molecule has 1 aliphatic rings. The molecule has 1 heterocycles. The van der Waals surface area contributed by atoms with Crippen LogP contribution in [-0.2, 0) is 0 Å². The number of nitrogens with one attached hydrogen (secondary N) is 1. The highest BCUT2D eigenvalue weighted by Crippen LogP contribution is 2.11. The van der Waals surface area contributed by atoms with Crippen LogP contribution in [0.25, 0.3) is 0 Å². The first-order valence-corrected chi connectivity index (χ1v) is 5.84. The summed E-state index contributed by atoms with van der Waals surface area (Å²) in [6.45, 7) is 8.26. The molecule has 0 aromatic rings. The van der Waals surface area contributed by atoms with Gasteiger partial charge in [-0.15, -0.1) is 0 Å². The largest absolute Gasteiger partial charge is 0.367 e. The highest BCUT2D eigenvalue weighted by molar-refractivity contribution is 6.68. The minimum Gasteiger partial charge on any atom is -0.367 e. The molecule has 0 fully saturated rings. The van der Waals surface area contributed by atoms with Crippen molar-refractivity contribution in [2.45, 2.75) is 53.1 Å². The highest BCUT2D eigenvalue weighted by atomic mass is 35.5. The fourth-order valence-corrected chi connectivity index (χ4v) is 1.48. The molecule has 0 radical (unpaired) electrons. The fourth-order valence-electron chi connectivity index (χ4n) is 1.23. The molecule has 14 heavy (non-hydrogen) atoms. The summed E-state index contributed by atoms with van der Waals surface area (Å²) in [7, 11) is 0. The maximum Gasteiger partial charge on any atom is 0.127 e. The van der Waals surface area contributed by atoms with Gasteiger partial charge in [-0.3, -0.25) is 0 Å². The Labute approximate surface area is 92.4 Å². The molecule has 0 saturated heterocycles. The van der Waals surface area contributed by atoms with E-state index >= 15 is 0 Å². The van der Waals surface area contributed by atoms with Crippen LogP contribution in [0.4, 0.5) is 0 Å². The Morgan fingerprint density at radius 2 is 2.07 bits per heavy atom. The first kappa shape index (κ1) is 13.5. The smallest absolute Gasteiger partial charge is 0.127 e. The van der Waals surface area contributed by atoms with E-state index in [1.807, 2.05) is 19.9 Å². The van der Waals surface area contributed by atoms with Crippen LogP contribution in [0.5, 0.6) is 0 Å². The summed E-state index contributed by atoms with van der Waals surface area (Å²) < 4.78 is 0. The maximum atomic E-state index is 5.85. The summed E-state index contributed by atoms with van der Waals surface area (Å²) >= 11 is 5.85. The average Bonchev–Trinajstić information content (AvgIpc) is 2.20. The third-order valence-corrected chi connectivity index (χ3v) is 2.07. The van der Waals surface area contributed by atoms with Crippen molar-refractivity contribution >= 4 is 16.8 Å². The molecular formula is C11H21ClN2. The van der Waals surface area contributed by atoms with Gasteiger partial charge in [-0.2, -0.15) is 0 Å². The van der Waals surface area contributed by atoms with Crippen LogP contribution >= 0.6 is 11.6 Å². The van der Waals surface area contributed by atoms with Crippen molar-refractivity contribution < 1.29 is 0 Å². The zero-order chi connectivity index (χ0) is 11.0. The van der Waals surface area contributed by atoms with Crippen molar-refractivity contribution in [3.63, 3.8) is 0 Å². The van der Waals surface area contributed by atoms with E-state index in [4.69, 9.17) is 11.6 Å². The molecule has 0 aromatic heterocycles. The van der Waals surface area contributed by atoms with E-state index in [1.165, 1.54) is 5.70 Å². The predicted octanol–water partition coefficient (Wildman–Crippen LogP) is 3.67. The third kappa shape index (κ3) is 4.66. The second-order valence-electron chi connectivity index (χ2n) is 2.92. The van der Waals surface area contributed by atoms with Gasteiger partial charge in [0.2, 0.25) is 0 Å². The van der Waals surface area contributed by atoms with E-state index in [0.717, 1.165) is 19.3 Å². The van der Waals surface area contributed by atoms with Crippen LogP contribution in [0.2, 0.25) is 0 Å². The zero-order valence-electron chi connectivity index (χ0n) is 9.60. The molecule has 1 rings (SSSR count). The Morgan fingerprint density at radius 1 is 1.43 bits per heavy atom. The summed E-state index contributed by atoms with van der Waals surface area (Å²) in [5.74, 6) is 0. The minimum absolute atomic E-state index is 0.197. The fraction of sp³-hybridized carbons (Fsp3) is 0.727. The lowest BCUT2D eigenvalue weighted by Gasteiger charge is -2.20. The van der Waals surface area contributed by atoms with E-state index in [-0.39, 0.29) is 6.17 Å². The van der Waals surface area contributed by atoms with E-state index in [9.17, 15) is 0 Å². The molecule has 1 unspecified atom stereocenters. The first-order valence-electron chi connectivity index (χ1n) is 5.46. The molecule has 0 aromatic carbocycles. The summed E-state index contributed by atoms with van der Waals surface area (Å²) in [6, 6.07) is 0.